The molecular formula is C19H22N5O7P. The van der Waals surface area contributed by atoms with Crippen molar-refractivity contribution in [3.8, 4) is 0 Å². The van der Waals surface area contributed by atoms with E-state index in [1.54, 1.807) is 0 Å². The topological polar surface area (TPSA) is 163 Å². The van der Waals surface area contributed by atoms with Crippen LogP contribution in [0, 0.1) is 0 Å². The lowest BCUT2D eigenvalue weighted by Crippen LogP contribution is -2.33. The number of anilines is 1. The highest BCUT2D eigenvalue weighted by atomic mass is 31.2. The van der Waals surface area contributed by atoms with Crippen LogP contribution in [0.4, 0.5) is 5.82 Å². The predicted molar refractivity (Wildman–Crippen MR) is 110 cm³/mol. The molecule has 2 aliphatic heterocycles. The number of benzene rings is 1. The van der Waals surface area contributed by atoms with Crippen molar-refractivity contribution in [2.24, 2.45) is 0 Å². The van der Waals surface area contributed by atoms with Crippen LogP contribution < -0.4 is 4.90 Å². The summed E-state index contributed by atoms with van der Waals surface area (Å²) in [5.41, 5.74) is 3.34. The van der Waals surface area contributed by atoms with E-state index in [-0.39, 0.29) is 6.61 Å². The van der Waals surface area contributed by atoms with E-state index in [9.17, 15) is 14.8 Å². The van der Waals surface area contributed by atoms with Gasteiger partial charge in [-0.2, -0.15) is 5.10 Å². The molecular weight excluding hydrogens is 441 g/mol. The third-order valence-corrected chi connectivity index (χ3v) is 6.17. The molecule has 2 aromatic heterocycles. The molecule has 12 nitrogen and oxygen atoms in total. The molecule has 0 bridgehead atoms. The molecule has 1 fully saturated rings. The first kappa shape index (κ1) is 21.4. The van der Waals surface area contributed by atoms with Crippen LogP contribution in [0.3, 0.4) is 0 Å². The number of aromatic nitrogens is 4. The van der Waals surface area contributed by atoms with E-state index in [0.29, 0.717) is 30.2 Å². The van der Waals surface area contributed by atoms with Gasteiger partial charge in [0.2, 0.25) is 0 Å². The maximum Gasteiger partial charge on any atom is 0.350 e. The fraction of sp³-hybridized carbons (Fsp3) is 0.421. The van der Waals surface area contributed by atoms with Crippen LogP contribution in [-0.4, -0.2) is 70.8 Å². The Kier molecular flexibility index (Phi) is 5.46. The standard InChI is InChI=1S/C19H22N5O7P/c25-15-14(8-30-10-32(27,28)29)31-17(16(15)26)13-5-20-19-18(21-9-22-24(13)19)23-6-11-3-1-2-4-12(11)7-23/h1-5,9,14-17,25-26H,6-8,10H2,(H2,27,28,29)/t14-,15-,16-,17?/m1/s1. The molecule has 0 amide bonds. The third-order valence-electron chi connectivity index (χ3n) is 5.65. The quantitative estimate of drug-likeness (QED) is 0.363. The summed E-state index contributed by atoms with van der Waals surface area (Å²) in [7, 11) is -4.35. The maximum absolute atomic E-state index is 10.9. The van der Waals surface area contributed by atoms with Crippen LogP contribution >= 0.6 is 7.60 Å². The number of hydrogen-bond donors (Lipinski definition) is 4. The zero-order valence-corrected chi connectivity index (χ0v) is 17.7. The number of ether oxygens (including phenoxy) is 2. The Morgan fingerprint density at radius 1 is 1.12 bits per heavy atom. The van der Waals surface area contributed by atoms with Gasteiger partial charge in [0, 0.05) is 13.1 Å². The molecule has 0 spiro atoms. The van der Waals surface area contributed by atoms with Gasteiger partial charge in [0.05, 0.1) is 18.5 Å². The van der Waals surface area contributed by atoms with E-state index < -0.39 is 38.4 Å². The summed E-state index contributed by atoms with van der Waals surface area (Å²) >= 11 is 0. The van der Waals surface area contributed by atoms with Crippen LogP contribution in [-0.2, 0) is 27.1 Å². The van der Waals surface area contributed by atoms with Gasteiger partial charge < -0.3 is 34.4 Å². The molecule has 5 rings (SSSR count). The van der Waals surface area contributed by atoms with Crippen LogP contribution in [0.2, 0.25) is 0 Å². The van der Waals surface area contributed by atoms with Gasteiger partial charge in [-0.15, -0.1) is 0 Å². The highest BCUT2D eigenvalue weighted by Crippen LogP contribution is 2.37. The number of aliphatic hydroxyl groups is 2. The van der Waals surface area contributed by atoms with E-state index in [4.69, 9.17) is 19.3 Å². The fourth-order valence-corrected chi connectivity index (χ4v) is 4.48. The van der Waals surface area contributed by atoms with E-state index in [1.165, 1.54) is 28.2 Å². The van der Waals surface area contributed by atoms with Crippen LogP contribution in [0.15, 0.2) is 36.8 Å². The highest BCUT2D eigenvalue weighted by molar-refractivity contribution is 7.51. The first-order chi connectivity index (χ1) is 15.3. The SMILES string of the molecule is O=P(O)(O)COC[C@H]1OC(c2cnc3c(N4Cc5ccccc5C4)ncnn23)[C@H](O)[C@@H]1O. The molecule has 32 heavy (non-hydrogen) atoms. The first-order valence-electron chi connectivity index (χ1n) is 9.96. The first-order valence-corrected chi connectivity index (χ1v) is 11.8. The maximum atomic E-state index is 10.9. The van der Waals surface area contributed by atoms with Gasteiger partial charge in [-0.05, 0) is 11.1 Å². The van der Waals surface area contributed by atoms with Crippen molar-refractivity contribution >= 4 is 19.1 Å². The molecule has 4 atom stereocenters. The minimum atomic E-state index is -4.35. The van der Waals surface area contributed by atoms with Crippen LogP contribution in [0.25, 0.3) is 5.65 Å². The number of fused-ring (bicyclic) bond motifs is 2. The summed E-state index contributed by atoms with van der Waals surface area (Å²) in [5.74, 6) is 0.636. The Balaban J connectivity index is 1.38. The number of hydrogen-bond acceptors (Lipinski definition) is 9. The van der Waals surface area contributed by atoms with Crippen molar-refractivity contribution in [3.05, 3.63) is 53.6 Å². The molecule has 1 aromatic carbocycles. The average Bonchev–Trinajstić information content (AvgIpc) is 3.44. The molecule has 1 saturated heterocycles. The van der Waals surface area contributed by atoms with Crippen molar-refractivity contribution in [1.82, 2.24) is 19.6 Å². The monoisotopic (exact) mass is 463 g/mol. The second kappa shape index (κ2) is 8.16. The van der Waals surface area contributed by atoms with E-state index >= 15 is 0 Å². The lowest BCUT2D eigenvalue weighted by Gasteiger charge is -2.17. The smallest absolute Gasteiger partial charge is 0.350 e. The molecule has 1 unspecified atom stereocenters. The summed E-state index contributed by atoms with van der Waals surface area (Å²) in [5, 5.41) is 25.1. The minimum absolute atomic E-state index is 0.289. The number of nitrogens with zero attached hydrogens (tertiary/aromatic N) is 5. The van der Waals surface area contributed by atoms with Gasteiger partial charge in [0.15, 0.2) is 11.5 Å². The number of imidazole rings is 1. The van der Waals surface area contributed by atoms with Gasteiger partial charge in [0.25, 0.3) is 0 Å². The average molecular weight is 463 g/mol. The second-order valence-electron chi connectivity index (χ2n) is 7.87. The predicted octanol–water partition coefficient (Wildman–Crippen LogP) is -0.0420. The summed E-state index contributed by atoms with van der Waals surface area (Å²) in [6, 6.07) is 8.14. The summed E-state index contributed by atoms with van der Waals surface area (Å²) in [4.78, 5) is 28.7. The largest absolute Gasteiger partial charge is 0.387 e. The fourth-order valence-electron chi connectivity index (χ4n) is 4.14. The molecule has 4 N–H and O–H groups in total. The molecule has 13 heteroatoms. The molecule has 170 valence electrons. The van der Waals surface area contributed by atoms with Crippen molar-refractivity contribution in [1.29, 1.82) is 0 Å². The van der Waals surface area contributed by atoms with Crippen LogP contribution in [0.5, 0.6) is 0 Å². The summed E-state index contributed by atoms with van der Waals surface area (Å²) in [6.07, 6.45) is -2.43. The van der Waals surface area contributed by atoms with E-state index in [2.05, 4.69) is 32.1 Å². The third kappa shape index (κ3) is 3.90. The second-order valence-corrected chi connectivity index (χ2v) is 9.46. The minimum Gasteiger partial charge on any atom is -0.387 e. The Hall–Kier alpha value is -2.44. The van der Waals surface area contributed by atoms with Crippen molar-refractivity contribution in [3.63, 3.8) is 0 Å². The molecule has 3 aromatic rings. The van der Waals surface area contributed by atoms with E-state index in [1.807, 2.05) is 12.1 Å². The molecule has 0 saturated carbocycles. The highest BCUT2D eigenvalue weighted by Gasteiger charge is 2.45. The molecule has 2 aliphatic rings. The molecule has 0 radical (unpaired) electrons. The Bertz CT molecular complexity index is 1160. The summed E-state index contributed by atoms with van der Waals surface area (Å²) in [6.45, 7) is 1.08. The lowest BCUT2D eigenvalue weighted by molar-refractivity contribution is -0.0402. The summed E-state index contributed by atoms with van der Waals surface area (Å²) < 4.78 is 23.2. The zero-order valence-electron chi connectivity index (χ0n) is 16.8. The van der Waals surface area contributed by atoms with Crippen molar-refractivity contribution < 1.29 is 34.0 Å². The lowest BCUT2D eigenvalue weighted by atomic mass is 10.1. The Labute approximate surface area is 182 Å². The van der Waals surface area contributed by atoms with Crippen molar-refractivity contribution in [2.45, 2.75) is 37.5 Å². The Morgan fingerprint density at radius 3 is 2.53 bits per heavy atom. The van der Waals surface area contributed by atoms with Gasteiger partial charge >= 0.3 is 7.60 Å². The Morgan fingerprint density at radius 2 is 1.84 bits per heavy atom. The van der Waals surface area contributed by atoms with Gasteiger partial charge in [-0.25, -0.2) is 14.5 Å². The number of aliphatic hydroxyl groups excluding tert-OH is 2. The zero-order chi connectivity index (χ0) is 22.5. The van der Waals surface area contributed by atoms with Gasteiger partial charge in [-0.1, -0.05) is 24.3 Å². The van der Waals surface area contributed by atoms with Gasteiger partial charge in [0.1, 0.15) is 37.1 Å². The number of rotatable bonds is 6. The molecule has 4 heterocycles. The van der Waals surface area contributed by atoms with Gasteiger partial charge in [-0.3, -0.25) is 4.57 Å². The van der Waals surface area contributed by atoms with E-state index in [0.717, 1.165) is 0 Å². The van der Waals surface area contributed by atoms with Crippen molar-refractivity contribution in [2.75, 3.05) is 17.9 Å². The molecule has 0 aliphatic carbocycles. The van der Waals surface area contributed by atoms with Crippen LogP contribution in [0.1, 0.15) is 22.9 Å². The normalized spacial score (nSPS) is 25.6.